The maximum Gasteiger partial charge on any atom is 0.340 e. The molecule has 7 nitrogen and oxygen atoms in total. The zero-order valence-electron chi connectivity index (χ0n) is 17.3. The van der Waals surface area contributed by atoms with Crippen LogP contribution in [-0.2, 0) is 16.1 Å². The number of methoxy groups -OCH3 is 1. The number of nitrogens with two attached hydrogens (primary N) is 1. The van der Waals surface area contributed by atoms with E-state index in [0.717, 1.165) is 0 Å². The molecule has 9 heteroatoms. The Morgan fingerprint density at radius 1 is 1.22 bits per heavy atom. The molecule has 1 atom stereocenters. The minimum atomic E-state index is -0.857. The highest BCUT2D eigenvalue weighted by Gasteiger charge is 2.38. The molecule has 164 valence electrons. The van der Waals surface area contributed by atoms with Crippen molar-refractivity contribution in [2.24, 2.45) is 5.73 Å². The molecule has 32 heavy (non-hydrogen) atoms. The number of nitrogens with zero attached hydrogens (tertiary/aromatic N) is 2. The standard InChI is InChI=1S/C23H19Cl2N3O4/c1-12-9-17-19(22(29)28(12)11-14-5-3-4-8-27-14)18(13-6-7-15(24)16(25)10-13)20(21(26)32-17)23(30)31-2/h3-10,18H,11,26H2,1-2H3. The lowest BCUT2D eigenvalue weighted by Gasteiger charge is -2.29. The van der Waals surface area contributed by atoms with E-state index in [-0.39, 0.29) is 39.9 Å². The van der Waals surface area contributed by atoms with Gasteiger partial charge in [-0.25, -0.2) is 4.79 Å². The number of hydrogen-bond donors (Lipinski definition) is 1. The van der Waals surface area contributed by atoms with Crippen LogP contribution in [0.3, 0.4) is 0 Å². The van der Waals surface area contributed by atoms with Gasteiger partial charge in [0.1, 0.15) is 11.3 Å². The molecule has 2 N–H and O–H groups in total. The van der Waals surface area contributed by atoms with Crippen molar-refractivity contribution in [2.75, 3.05) is 7.11 Å². The van der Waals surface area contributed by atoms with Crippen molar-refractivity contribution in [2.45, 2.75) is 19.4 Å². The second kappa shape index (κ2) is 8.68. The average molecular weight is 472 g/mol. The maximum atomic E-state index is 13.7. The molecule has 0 aliphatic carbocycles. The van der Waals surface area contributed by atoms with E-state index in [1.165, 1.54) is 7.11 Å². The van der Waals surface area contributed by atoms with Crippen LogP contribution in [0.1, 0.15) is 28.4 Å². The lowest BCUT2D eigenvalue weighted by atomic mass is 9.83. The first-order valence-electron chi connectivity index (χ1n) is 9.66. The quantitative estimate of drug-likeness (QED) is 0.581. The molecule has 0 bridgehead atoms. The number of rotatable bonds is 4. The van der Waals surface area contributed by atoms with E-state index in [1.807, 2.05) is 12.1 Å². The monoisotopic (exact) mass is 471 g/mol. The first-order chi connectivity index (χ1) is 15.3. The first kappa shape index (κ1) is 21.9. The van der Waals surface area contributed by atoms with Gasteiger partial charge in [0.05, 0.1) is 40.9 Å². The summed E-state index contributed by atoms with van der Waals surface area (Å²) < 4.78 is 12.2. The molecule has 1 aliphatic heterocycles. The van der Waals surface area contributed by atoms with Crippen molar-refractivity contribution in [3.63, 3.8) is 0 Å². The maximum absolute atomic E-state index is 13.7. The predicted molar refractivity (Wildman–Crippen MR) is 121 cm³/mol. The Bertz CT molecular complexity index is 1300. The molecule has 0 radical (unpaired) electrons. The van der Waals surface area contributed by atoms with Crippen molar-refractivity contribution in [3.8, 4) is 5.75 Å². The fraction of sp³-hybridized carbons (Fsp3) is 0.174. The average Bonchev–Trinajstić information content (AvgIpc) is 2.78. The molecular formula is C23H19Cl2N3O4. The molecule has 0 spiro atoms. The predicted octanol–water partition coefficient (Wildman–Crippen LogP) is 3.77. The Morgan fingerprint density at radius 3 is 2.66 bits per heavy atom. The van der Waals surface area contributed by atoms with Crippen molar-refractivity contribution in [1.29, 1.82) is 0 Å². The summed E-state index contributed by atoms with van der Waals surface area (Å²) in [5.41, 5.74) is 7.96. The van der Waals surface area contributed by atoms with Crippen molar-refractivity contribution in [1.82, 2.24) is 9.55 Å². The van der Waals surface area contributed by atoms with Crippen LogP contribution < -0.4 is 16.0 Å². The van der Waals surface area contributed by atoms with E-state index >= 15 is 0 Å². The van der Waals surface area contributed by atoms with Crippen LogP contribution >= 0.6 is 23.2 Å². The number of aryl methyl sites for hydroxylation is 1. The van der Waals surface area contributed by atoms with Gasteiger partial charge in [-0.2, -0.15) is 0 Å². The Morgan fingerprint density at radius 2 is 2.00 bits per heavy atom. The summed E-state index contributed by atoms with van der Waals surface area (Å²) in [7, 11) is 1.23. The van der Waals surface area contributed by atoms with Crippen LogP contribution in [0.25, 0.3) is 0 Å². The molecule has 0 saturated carbocycles. The van der Waals surface area contributed by atoms with Crippen LogP contribution in [0, 0.1) is 6.92 Å². The molecule has 3 aromatic rings. The van der Waals surface area contributed by atoms with E-state index in [4.69, 9.17) is 38.4 Å². The number of fused-ring (bicyclic) bond motifs is 1. The molecule has 0 amide bonds. The Kier molecular flexibility index (Phi) is 5.95. The molecule has 4 rings (SSSR count). The lowest BCUT2D eigenvalue weighted by molar-refractivity contribution is -0.136. The van der Waals surface area contributed by atoms with Gasteiger partial charge in [-0.1, -0.05) is 35.3 Å². The van der Waals surface area contributed by atoms with Crippen molar-refractivity contribution in [3.05, 3.63) is 103 Å². The van der Waals surface area contributed by atoms with Crippen molar-refractivity contribution >= 4 is 29.2 Å². The molecular weight excluding hydrogens is 453 g/mol. The number of halogens is 2. The second-order valence-electron chi connectivity index (χ2n) is 7.25. The number of esters is 1. The Labute approximate surface area is 194 Å². The van der Waals surface area contributed by atoms with Gasteiger partial charge in [-0.15, -0.1) is 0 Å². The largest absolute Gasteiger partial charge is 0.465 e. The van der Waals surface area contributed by atoms with Crippen LogP contribution in [0.2, 0.25) is 10.0 Å². The number of carbonyl (C=O) groups excluding carboxylic acids is 1. The lowest BCUT2D eigenvalue weighted by Crippen LogP contribution is -2.35. The topological polar surface area (TPSA) is 96.4 Å². The molecule has 2 aromatic heterocycles. The fourth-order valence-corrected chi connectivity index (χ4v) is 4.08. The fourth-order valence-electron chi connectivity index (χ4n) is 3.77. The van der Waals surface area contributed by atoms with Gasteiger partial charge < -0.3 is 19.8 Å². The highest BCUT2D eigenvalue weighted by molar-refractivity contribution is 6.42. The van der Waals surface area contributed by atoms with Gasteiger partial charge in [0.15, 0.2) is 0 Å². The molecule has 3 heterocycles. The first-order valence-corrected chi connectivity index (χ1v) is 10.4. The van der Waals surface area contributed by atoms with E-state index < -0.39 is 11.9 Å². The zero-order valence-corrected chi connectivity index (χ0v) is 18.8. The van der Waals surface area contributed by atoms with Gasteiger partial charge >= 0.3 is 5.97 Å². The minimum Gasteiger partial charge on any atom is -0.465 e. The van der Waals surface area contributed by atoms with E-state index in [9.17, 15) is 9.59 Å². The number of pyridine rings is 2. The van der Waals surface area contributed by atoms with Gasteiger partial charge in [0, 0.05) is 18.0 Å². The summed E-state index contributed by atoms with van der Waals surface area (Å²) in [5, 5.41) is 0.622. The van der Waals surface area contributed by atoms with Gasteiger partial charge in [-0.05, 0) is 36.8 Å². The van der Waals surface area contributed by atoms with Crippen molar-refractivity contribution < 1.29 is 14.3 Å². The molecule has 0 fully saturated rings. The summed E-state index contributed by atoms with van der Waals surface area (Å²) in [6.45, 7) is 2.04. The smallest absolute Gasteiger partial charge is 0.340 e. The van der Waals surface area contributed by atoms with Crippen LogP contribution in [-0.4, -0.2) is 22.6 Å². The molecule has 1 aromatic carbocycles. The third-order valence-electron chi connectivity index (χ3n) is 5.30. The van der Waals surface area contributed by atoms with E-state index in [2.05, 4.69) is 4.98 Å². The normalized spacial score (nSPS) is 15.2. The van der Waals surface area contributed by atoms with Gasteiger partial charge in [-0.3, -0.25) is 9.78 Å². The number of ether oxygens (including phenoxy) is 2. The number of carbonyl (C=O) groups is 1. The van der Waals surface area contributed by atoms with Crippen LogP contribution in [0.5, 0.6) is 5.75 Å². The van der Waals surface area contributed by atoms with Crippen LogP contribution in [0.4, 0.5) is 0 Å². The minimum absolute atomic E-state index is 0.0173. The summed E-state index contributed by atoms with van der Waals surface area (Å²) in [6.07, 6.45) is 1.66. The van der Waals surface area contributed by atoms with Crippen LogP contribution in [0.15, 0.2) is 64.9 Å². The summed E-state index contributed by atoms with van der Waals surface area (Å²) in [6, 6.07) is 12.1. The molecule has 1 unspecified atom stereocenters. The number of hydrogen-bond acceptors (Lipinski definition) is 6. The van der Waals surface area contributed by atoms with E-state index in [1.54, 1.807) is 48.0 Å². The highest BCUT2D eigenvalue weighted by Crippen LogP contribution is 2.42. The summed E-state index contributed by atoms with van der Waals surface area (Å²) >= 11 is 12.3. The zero-order chi connectivity index (χ0) is 23.0. The molecule has 0 saturated heterocycles. The SMILES string of the molecule is COC(=O)C1=C(N)Oc2cc(C)n(Cc3ccccn3)c(=O)c2C1c1ccc(Cl)c(Cl)c1. The highest BCUT2D eigenvalue weighted by atomic mass is 35.5. The Hall–Kier alpha value is -3.29. The molecule has 1 aliphatic rings. The summed E-state index contributed by atoms with van der Waals surface area (Å²) in [5.74, 6) is -1.43. The third-order valence-corrected chi connectivity index (χ3v) is 6.04. The van der Waals surface area contributed by atoms with Gasteiger partial charge in [0.25, 0.3) is 5.56 Å². The second-order valence-corrected chi connectivity index (χ2v) is 8.07. The third kappa shape index (κ3) is 3.85. The summed E-state index contributed by atoms with van der Waals surface area (Å²) in [4.78, 5) is 30.7. The van der Waals surface area contributed by atoms with E-state index in [0.29, 0.717) is 22.0 Å². The number of aromatic nitrogens is 2. The Balaban J connectivity index is 1.96. The number of benzene rings is 1. The van der Waals surface area contributed by atoms with Gasteiger partial charge in [0.2, 0.25) is 5.88 Å².